The van der Waals surface area contributed by atoms with Crippen molar-refractivity contribution in [3.05, 3.63) is 98.1 Å². The van der Waals surface area contributed by atoms with Crippen LogP contribution < -0.4 is 0 Å². The molecule has 0 saturated carbocycles. The summed E-state index contributed by atoms with van der Waals surface area (Å²) in [5.41, 5.74) is 4.70. The Balaban J connectivity index is 1.80. The van der Waals surface area contributed by atoms with E-state index in [1.54, 1.807) is 6.07 Å². The summed E-state index contributed by atoms with van der Waals surface area (Å²) in [6.45, 7) is 0.445. The van der Waals surface area contributed by atoms with E-state index < -0.39 is 0 Å². The molecule has 0 saturated heterocycles. The van der Waals surface area contributed by atoms with Crippen LogP contribution >= 0.6 is 43.5 Å². The summed E-state index contributed by atoms with van der Waals surface area (Å²) in [6, 6.07) is 22.6. The molecule has 0 spiro atoms. The maximum absolute atomic E-state index is 13.4. The fourth-order valence-electron chi connectivity index (χ4n) is 2.96. The minimum atomic E-state index is -0.349. The van der Waals surface area contributed by atoms with Crippen molar-refractivity contribution in [1.82, 2.24) is 9.78 Å². The lowest BCUT2D eigenvalue weighted by molar-refractivity contribution is 0.625. The summed E-state index contributed by atoms with van der Waals surface area (Å²) in [7, 11) is 0. The highest BCUT2D eigenvalue weighted by Gasteiger charge is 2.14. The Morgan fingerprint density at radius 2 is 1.43 bits per heavy atom. The molecule has 28 heavy (non-hydrogen) atoms. The summed E-state index contributed by atoms with van der Waals surface area (Å²) in [5.74, 6) is -0.349. The summed E-state index contributed by atoms with van der Waals surface area (Å²) in [6.07, 6.45) is 0. The van der Waals surface area contributed by atoms with Gasteiger partial charge in [-0.2, -0.15) is 5.10 Å². The minimum Gasteiger partial charge on any atom is -0.260 e. The standard InChI is InChI=1S/C22H14Br2ClFN2/c23-17-6-1-14(2-7-17)21-12-22(15-3-8-18(24)9-4-15)28(27-21)13-16-5-10-19(26)11-20(16)25/h1-12H,13H2. The van der Waals surface area contributed by atoms with Crippen LogP contribution in [0.15, 0.2) is 81.7 Å². The van der Waals surface area contributed by atoms with Crippen LogP contribution in [0.1, 0.15) is 5.56 Å². The minimum absolute atomic E-state index is 0.349. The molecule has 0 aliphatic rings. The van der Waals surface area contributed by atoms with Crippen molar-refractivity contribution in [3.63, 3.8) is 0 Å². The quantitative estimate of drug-likeness (QED) is 0.271. The number of halogens is 4. The molecule has 0 aliphatic carbocycles. The van der Waals surface area contributed by atoms with E-state index in [4.69, 9.17) is 16.7 Å². The molecule has 0 bridgehead atoms. The molecule has 0 fully saturated rings. The van der Waals surface area contributed by atoms with Crippen LogP contribution in [-0.4, -0.2) is 9.78 Å². The smallest absolute Gasteiger partial charge is 0.124 e. The second-order valence-corrected chi connectivity index (χ2v) is 8.56. The predicted molar refractivity (Wildman–Crippen MR) is 119 cm³/mol. The molecular formula is C22H14Br2ClFN2. The molecule has 0 aliphatic heterocycles. The van der Waals surface area contributed by atoms with Gasteiger partial charge in [0, 0.05) is 19.5 Å². The second kappa shape index (κ2) is 8.19. The number of aromatic nitrogens is 2. The zero-order valence-electron chi connectivity index (χ0n) is 14.5. The fraction of sp³-hybridized carbons (Fsp3) is 0.0455. The maximum atomic E-state index is 13.4. The van der Waals surface area contributed by atoms with E-state index in [0.29, 0.717) is 11.6 Å². The molecule has 3 aromatic carbocycles. The Hall–Kier alpha value is -1.95. The van der Waals surface area contributed by atoms with Crippen molar-refractivity contribution in [1.29, 1.82) is 0 Å². The largest absolute Gasteiger partial charge is 0.260 e. The predicted octanol–water partition coefficient (Wildman–Crippen LogP) is 7.58. The van der Waals surface area contributed by atoms with Crippen molar-refractivity contribution < 1.29 is 4.39 Å². The first-order valence-electron chi connectivity index (χ1n) is 8.53. The van der Waals surface area contributed by atoms with Gasteiger partial charge < -0.3 is 0 Å². The van der Waals surface area contributed by atoms with Crippen LogP contribution in [0.5, 0.6) is 0 Å². The van der Waals surface area contributed by atoms with Crippen molar-refractivity contribution in [2.75, 3.05) is 0 Å². The molecule has 4 rings (SSSR count). The van der Waals surface area contributed by atoms with E-state index in [2.05, 4.69) is 37.9 Å². The summed E-state index contributed by atoms with van der Waals surface area (Å²) in [4.78, 5) is 0. The Morgan fingerprint density at radius 3 is 2.04 bits per heavy atom. The molecule has 2 nitrogen and oxygen atoms in total. The highest BCUT2D eigenvalue weighted by atomic mass is 79.9. The van der Waals surface area contributed by atoms with Gasteiger partial charge in [-0.3, -0.25) is 4.68 Å². The number of nitrogens with zero attached hydrogens (tertiary/aromatic N) is 2. The fourth-order valence-corrected chi connectivity index (χ4v) is 3.72. The Kier molecular flexibility index (Phi) is 5.67. The lowest BCUT2D eigenvalue weighted by Gasteiger charge is -2.09. The normalized spacial score (nSPS) is 11.0. The highest BCUT2D eigenvalue weighted by molar-refractivity contribution is 9.10. The number of rotatable bonds is 4. The molecule has 0 amide bonds. The average molecular weight is 521 g/mol. The van der Waals surface area contributed by atoms with Gasteiger partial charge in [0.1, 0.15) is 5.82 Å². The second-order valence-electron chi connectivity index (χ2n) is 6.32. The van der Waals surface area contributed by atoms with Gasteiger partial charge in [-0.25, -0.2) is 4.39 Å². The Labute approximate surface area is 184 Å². The average Bonchev–Trinajstić information content (AvgIpc) is 3.09. The molecule has 0 atom stereocenters. The van der Waals surface area contributed by atoms with Gasteiger partial charge in [-0.05, 0) is 53.6 Å². The third kappa shape index (κ3) is 4.22. The van der Waals surface area contributed by atoms with E-state index in [-0.39, 0.29) is 5.82 Å². The zero-order valence-corrected chi connectivity index (χ0v) is 18.5. The molecule has 4 aromatic rings. The van der Waals surface area contributed by atoms with E-state index in [1.165, 1.54) is 12.1 Å². The van der Waals surface area contributed by atoms with Gasteiger partial charge in [-0.15, -0.1) is 0 Å². The molecule has 6 heteroatoms. The zero-order chi connectivity index (χ0) is 19.7. The topological polar surface area (TPSA) is 17.8 Å². The van der Waals surface area contributed by atoms with Crippen LogP contribution in [-0.2, 0) is 6.54 Å². The highest BCUT2D eigenvalue weighted by Crippen LogP contribution is 2.29. The van der Waals surface area contributed by atoms with Crippen molar-refractivity contribution in [3.8, 4) is 22.5 Å². The van der Waals surface area contributed by atoms with Crippen LogP contribution in [0.4, 0.5) is 4.39 Å². The van der Waals surface area contributed by atoms with Crippen LogP contribution in [0.25, 0.3) is 22.5 Å². The molecule has 140 valence electrons. The van der Waals surface area contributed by atoms with Gasteiger partial charge in [0.25, 0.3) is 0 Å². The van der Waals surface area contributed by atoms with Gasteiger partial charge >= 0.3 is 0 Å². The van der Waals surface area contributed by atoms with E-state index in [0.717, 1.165) is 37.0 Å². The summed E-state index contributed by atoms with van der Waals surface area (Å²) in [5, 5.41) is 5.20. The van der Waals surface area contributed by atoms with E-state index in [1.807, 2.05) is 53.2 Å². The van der Waals surface area contributed by atoms with Crippen LogP contribution in [0, 0.1) is 5.82 Å². The molecule has 1 aromatic heterocycles. The SMILES string of the molecule is Fc1ccc(Cn2nc(-c3ccc(Br)cc3)cc2-c2ccc(Br)cc2)c(Cl)c1. The van der Waals surface area contributed by atoms with Crippen molar-refractivity contribution in [2.24, 2.45) is 0 Å². The van der Waals surface area contributed by atoms with Gasteiger partial charge in [0.05, 0.1) is 17.9 Å². The van der Waals surface area contributed by atoms with Gasteiger partial charge in [0.2, 0.25) is 0 Å². The monoisotopic (exact) mass is 518 g/mol. The third-order valence-corrected chi connectivity index (χ3v) is 5.80. The summed E-state index contributed by atoms with van der Waals surface area (Å²) < 4.78 is 17.3. The van der Waals surface area contributed by atoms with Crippen molar-refractivity contribution in [2.45, 2.75) is 6.54 Å². The molecule has 0 radical (unpaired) electrons. The van der Waals surface area contributed by atoms with Gasteiger partial charge in [0.15, 0.2) is 0 Å². The molecule has 1 heterocycles. The van der Waals surface area contributed by atoms with Crippen molar-refractivity contribution >= 4 is 43.5 Å². The Morgan fingerprint density at radius 1 is 0.821 bits per heavy atom. The van der Waals surface area contributed by atoms with Gasteiger partial charge in [-0.1, -0.05) is 73.8 Å². The first kappa shape index (κ1) is 19.4. The number of hydrogen-bond donors (Lipinski definition) is 0. The molecular weight excluding hydrogens is 507 g/mol. The summed E-state index contributed by atoms with van der Waals surface area (Å²) >= 11 is 13.2. The Bertz CT molecular complexity index is 1120. The third-order valence-electron chi connectivity index (χ3n) is 4.40. The maximum Gasteiger partial charge on any atom is 0.124 e. The lowest BCUT2D eigenvalue weighted by atomic mass is 10.1. The molecule has 0 unspecified atom stereocenters. The van der Waals surface area contributed by atoms with E-state index >= 15 is 0 Å². The van der Waals surface area contributed by atoms with E-state index in [9.17, 15) is 4.39 Å². The number of benzene rings is 3. The number of hydrogen-bond acceptors (Lipinski definition) is 1. The van der Waals surface area contributed by atoms with Crippen LogP contribution in [0.2, 0.25) is 5.02 Å². The lowest BCUT2D eigenvalue weighted by Crippen LogP contribution is -2.04. The first-order valence-corrected chi connectivity index (χ1v) is 10.5. The first-order chi connectivity index (χ1) is 13.5. The van der Waals surface area contributed by atoms with Crippen LogP contribution in [0.3, 0.4) is 0 Å². The molecule has 0 N–H and O–H groups in total.